The molecule has 0 unspecified atom stereocenters. The Morgan fingerprint density at radius 3 is 1.90 bits per heavy atom. The van der Waals surface area contributed by atoms with E-state index in [4.69, 9.17) is 10.2 Å². The first kappa shape index (κ1) is 21.8. The third-order valence-electron chi connectivity index (χ3n) is 3.84. The van der Waals surface area contributed by atoms with Crippen molar-refractivity contribution in [2.75, 3.05) is 5.32 Å². The van der Waals surface area contributed by atoms with Crippen molar-refractivity contribution in [3.8, 4) is 0 Å². The number of hydrogen-bond acceptors (Lipinski definition) is 4. The van der Waals surface area contributed by atoms with Crippen LogP contribution in [0, 0.1) is 0 Å². The number of nitrogens with one attached hydrogen (secondary N) is 2. The molecule has 2 amide bonds. The standard InChI is InChI=1S/C22H18N2O6/c1-13(21(27)28)7-8-14(2)23-19(25)17-5-3-4-6-18(17)20(26)24-16-11-9-15(10-12-16)22(29)30/h3-12H,1-2H2,(H,23,25)(H,24,26)(H,27,28)(H,29,30)/b8-7-. The van der Waals surface area contributed by atoms with Gasteiger partial charge in [-0.2, -0.15) is 0 Å². The van der Waals surface area contributed by atoms with Gasteiger partial charge in [-0.25, -0.2) is 9.59 Å². The number of carboxylic acid groups (broad SMARTS) is 2. The van der Waals surface area contributed by atoms with Crippen molar-refractivity contribution in [3.05, 3.63) is 102 Å². The molecule has 2 rings (SSSR count). The lowest BCUT2D eigenvalue weighted by atomic mass is 10.1. The second-order valence-electron chi connectivity index (χ2n) is 6.03. The number of hydrogen-bond donors (Lipinski definition) is 4. The predicted octanol–water partition coefficient (Wildman–Crippen LogP) is 3.08. The number of carbonyl (C=O) groups is 4. The summed E-state index contributed by atoms with van der Waals surface area (Å²) in [6.45, 7) is 6.94. The van der Waals surface area contributed by atoms with Crippen LogP contribution in [0.15, 0.2) is 85.1 Å². The lowest BCUT2D eigenvalue weighted by Gasteiger charge is -2.11. The summed E-state index contributed by atoms with van der Waals surface area (Å²) < 4.78 is 0. The van der Waals surface area contributed by atoms with E-state index in [-0.39, 0.29) is 28.0 Å². The fraction of sp³-hybridized carbons (Fsp3) is 0. The molecule has 2 aromatic rings. The normalized spacial score (nSPS) is 10.3. The number of carbonyl (C=O) groups excluding carboxylic acids is 2. The Morgan fingerprint density at radius 1 is 0.800 bits per heavy atom. The highest BCUT2D eigenvalue weighted by atomic mass is 16.4. The van der Waals surface area contributed by atoms with Gasteiger partial charge in [0.05, 0.1) is 22.3 Å². The Morgan fingerprint density at radius 2 is 1.37 bits per heavy atom. The highest BCUT2D eigenvalue weighted by molar-refractivity contribution is 6.12. The molecule has 0 saturated heterocycles. The summed E-state index contributed by atoms with van der Waals surface area (Å²) in [5.74, 6) is -3.47. The highest BCUT2D eigenvalue weighted by Gasteiger charge is 2.17. The van der Waals surface area contributed by atoms with Gasteiger partial charge in [-0.1, -0.05) is 25.3 Å². The Labute approximate surface area is 171 Å². The zero-order chi connectivity index (χ0) is 22.3. The second-order valence-corrected chi connectivity index (χ2v) is 6.03. The summed E-state index contributed by atoms with van der Waals surface area (Å²) in [6.07, 6.45) is 2.46. The average molecular weight is 406 g/mol. The van der Waals surface area contributed by atoms with Crippen LogP contribution in [0.3, 0.4) is 0 Å². The third-order valence-corrected chi connectivity index (χ3v) is 3.84. The molecule has 0 spiro atoms. The van der Waals surface area contributed by atoms with Gasteiger partial charge in [0.15, 0.2) is 0 Å². The largest absolute Gasteiger partial charge is 0.478 e. The van der Waals surface area contributed by atoms with E-state index in [0.717, 1.165) is 0 Å². The third kappa shape index (κ3) is 5.77. The summed E-state index contributed by atoms with van der Waals surface area (Å²) >= 11 is 0. The minimum Gasteiger partial charge on any atom is -0.478 e. The maximum Gasteiger partial charge on any atom is 0.335 e. The molecule has 0 atom stereocenters. The summed E-state index contributed by atoms with van der Waals surface area (Å²) in [6, 6.07) is 11.6. The molecule has 0 aliphatic carbocycles. The van der Waals surface area contributed by atoms with Crippen LogP contribution in [0.25, 0.3) is 0 Å². The lowest BCUT2D eigenvalue weighted by Crippen LogP contribution is -2.25. The van der Waals surface area contributed by atoms with E-state index in [2.05, 4.69) is 23.8 Å². The molecule has 8 nitrogen and oxygen atoms in total. The van der Waals surface area contributed by atoms with E-state index in [1.807, 2.05) is 0 Å². The van der Waals surface area contributed by atoms with Gasteiger partial charge >= 0.3 is 11.9 Å². The summed E-state index contributed by atoms with van der Waals surface area (Å²) in [5, 5.41) is 22.8. The summed E-state index contributed by atoms with van der Waals surface area (Å²) in [7, 11) is 0. The minimum atomic E-state index is -1.20. The van der Waals surface area contributed by atoms with Crippen LogP contribution in [0.5, 0.6) is 0 Å². The molecule has 4 N–H and O–H groups in total. The number of allylic oxidation sites excluding steroid dienone is 1. The number of anilines is 1. The number of rotatable bonds is 8. The predicted molar refractivity (Wildman–Crippen MR) is 110 cm³/mol. The number of aromatic carboxylic acids is 1. The van der Waals surface area contributed by atoms with Crippen LogP contribution < -0.4 is 10.6 Å². The Bertz CT molecular complexity index is 1070. The fourth-order valence-electron chi connectivity index (χ4n) is 2.30. The molecule has 152 valence electrons. The molecule has 0 aliphatic rings. The molecule has 0 bridgehead atoms. The maximum atomic E-state index is 12.6. The van der Waals surface area contributed by atoms with Gasteiger partial charge in [-0.3, -0.25) is 9.59 Å². The van der Waals surface area contributed by atoms with Crippen LogP contribution in [-0.4, -0.2) is 34.0 Å². The molecule has 0 fully saturated rings. The van der Waals surface area contributed by atoms with Crippen LogP contribution in [0.1, 0.15) is 31.1 Å². The summed E-state index contributed by atoms with van der Waals surface area (Å²) in [5.41, 5.74) is 0.526. The monoisotopic (exact) mass is 406 g/mol. The Kier molecular flexibility index (Phi) is 7.02. The van der Waals surface area contributed by atoms with Gasteiger partial charge < -0.3 is 20.8 Å². The number of carboxylic acids is 2. The molecule has 0 aliphatic heterocycles. The van der Waals surface area contributed by atoms with Gasteiger partial charge in [-0.05, 0) is 48.6 Å². The van der Waals surface area contributed by atoms with Crippen molar-refractivity contribution >= 4 is 29.4 Å². The molecule has 0 aromatic heterocycles. The Balaban J connectivity index is 2.14. The van der Waals surface area contributed by atoms with E-state index in [9.17, 15) is 19.2 Å². The fourth-order valence-corrected chi connectivity index (χ4v) is 2.30. The van der Waals surface area contributed by atoms with Crippen molar-refractivity contribution in [1.82, 2.24) is 5.32 Å². The first-order chi connectivity index (χ1) is 14.2. The first-order valence-electron chi connectivity index (χ1n) is 8.53. The van der Waals surface area contributed by atoms with Gasteiger partial charge in [-0.15, -0.1) is 0 Å². The van der Waals surface area contributed by atoms with E-state index in [0.29, 0.717) is 5.69 Å². The lowest BCUT2D eigenvalue weighted by molar-refractivity contribution is -0.132. The molecule has 0 radical (unpaired) electrons. The van der Waals surface area contributed by atoms with Crippen molar-refractivity contribution in [1.29, 1.82) is 0 Å². The van der Waals surface area contributed by atoms with Gasteiger partial charge in [0.25, 0.3) is 11.8 Å². The maximum absolute atomic E-state index is 12.6. The molecule has 30 heavy (non-hydrogen) atoms. The zero-order valence-electron chi connectivity index (χ0n) is 15.7. The molecule has 0 saturated carbocycles. The Hall–Kier alpha value is -4.46. The van der Waals surface area contributed by atoms with Crippen molar-refractivity contribution in [3.63, 3.8) is 0 Å². The van der Waals surface area contributed by atoms with Crippen molar-refractivity contribution in [2.45, 2.75) is 0 Å². The van der Waals surface area contributed by atoms with Crippen LogP contribution in [0.4, 0.5) is 5.69 Å². The number of amides is 2. The average Bonchev–Trinajstić information content (AvgIpc) is 2.72. The smallest absolute Gasteiger partial charge is 0.335 e. The highest BCUT2D eigenvalue weighted by Crippen LogP contribution is 2.15. The van der Waals surface area contributed by atoms with Crippen LogP contribution in [0.2, 0.25) is 0 Å². The van der Waals surface area contributed by atoms with Gasteiger partial charge in [0.2, 0.25) is 0 Å². The summed E-state index contributed by atoms with van der Waals surface area (Å²) in [4.78, 5) is 46.8. The van der Waals surface area contributed by atoms with Crippen molar-refractivity contribution < 1.29 is 29.4 Å². The molecular weight excluding hydrogens is 388 g/mol. The van der Waals surface area contributed by atoms with Gasteiger partial charge in [0, 0.05) is 11.4 Å². The van der Waals surface area contributed by atoms with E-state index < -0.39 is 23.8 Å². The quantitative estimate of drug-likeness (QED) is 0.393. The van der Waals surface area contributed by atoms with Crippen LogP contribution >= 0.6 is 0 Å². The van der Waals surface area contributed by atoms with Crippen LogP contribution in [-0.2, 0) is 4.79 Å². The van der Waals surface area contributed by atoms with E-state index in [1.54, 1.807) is 12.1 Å². The number of aliphatic carboxylic acids is 1. The minimum absolute atomic E-state index is 0.0729. The second kappa shape index (κ2) is 9.65. The molecule has 2 aromatic carbocycles. The van der Waals surface area contributed by atoms with E-state index in [1.165, 1.54) is 48.6 Å². The topological polar surface area (TPSA) is 133 Å². The molecule has 8 heteroatoms. The number of benzene rings is 2. The SMILES string of the molecule is C=C(/C=C\C(=C)C(=O)O)NC(=O)c1ccccc1C(=O)Nc1ccc(C(=O)O)cc1. The van der Waals surface area contributed by atoms with Crippen molar-refractivity contribution in [2.24, 2.45) is 0 Å². The van der Waals surface area contributed by atoms with Gasteiger partial charge in [0.1, 0.15) is 0 Å². The zero-order valence-corrected chi connectivity index (χ0v) is 15.7. The first-order valence-corrected chi connectivity index (χ1v) is 8.53. The van der Waals surface area contributed by atoms with E-state index >= 15 is 0 Å². The molecular formula is C22H18N2O6. The molecule has 0 heterocycles.